The zero-order valence-electron chi connectivity index (χ0n) is 12.7. The fourth-order valence-corrected chi connectivity index (χ4v) is 2.48. The number of allylic oxidation sites excluding steroid dienone is 2. The van der Waals surface area contributed by atoms with E-state index in [2.05, 4.69) is 5.32 Å². The van der Waals surface area contributed by atoms with Crippen LogP contribution in [-0.2, 0) is 11.3 Å². The molecule has 3 rings (SSSR count). The van der Waals surface area contributed by atoms with Crippen LogP contribution < -0.4 is 11.1 Å². The quantitative estimate of drug-likeness (QED) is 0.741. The molecule has 4 N–H and O–H groups in total. The van der Waals surface area contributed by atoms with E-state index in [4.69, 9.17) is 22.1 Å². The number of nitrogens with two attached hydrogens (primary N) is 1. The second-order valence-electron chi connectivity index (χ2n) is 5.44. The number of phenolic OH excluding ortho intramolecular Hbond substituents is 1. The maximum absolute atomic E-state index is 13.1. The predicted octanol–water partition coefficient (Wildman–Crippen LogP) is 3.51. The van der Waals surface area contributed by atoms with E-state index in [-0.39, 0.29) is 12.4 Å². The number of hydrogen-bond donors (Lipinski definition) is 3. The molecule has 0 bridgehead atoms. The van der Waals surface area contributed by atoms with Crippen molar-refractivity contribution >= 4 is 17.2 Å². The van der Waals surface area contributed by atoms with Gasteiger partial charge in [0.2, 0.25) is 5.85 Å². The number of rotatable bonds is 4. The summed E-state index contributed by atoms with van der Waals surface area (Å²) in [7, 11) is 0. The number of aromatic hydroxyl groups is 1. The van der Waals surface area contributed by atoms with Gasteiger partial charge in [0.1, 0.15) is 11.6 Å². The molecular formula is C18H16ClFN2O2. The van der Waals surface area contributed by atoms with Gasteiger partial charge < -0.3 is 15.2 Å². The Hall–Kier alpha value is -2.34. The van der Waals surface area contributed by atoms with Gasteiger partial charge in [-0.05, 0) is 47.0 Å². The van der Waals surface area contributed by atoms with Crippen molar-refractivity contribution in [3.05, 3.63) is 82.8 Å². The molecule has 0 saturated heterocycles. The van der Waals surface area contributed by atoms with Crippen molar-refractivity contribution in [2.75, 3.05) is 0 Å². The van der Waals surface area contributed by atoms with E-state index >= 15 is 0 Å². The van der Waals surface area contributed by atoms with Gasteiger partial charge in [-0.15, -0.1) is 0 Å². The van der Waals surface area contributed by atoms with Crippen molar-refractivity contribution < 1.29 is 14.2 Å². The van der Waals surface area contributed by atoms with Crippen molar-refractivity contribution in [2.24, 2.45) is 5.73 Å². The molecule has 1 atom stereocenters. The van der Waals surface area contributed by atoms with E-state index in [1.165, 1.54) is 12.1 Å². The monoisotopic (exact) mass is 346 g/mol. The molecule has 2 aromatic rings. The van der Waals surface area contributed by atoms with E-state index in [9.17, 15) is 9.50 Å². The van der Waals surface area contributed by atoms with E-state index in [1.54, 1.807) is 42.6 Å². The lowest BCUT2D eigenvalue weighted by Crippen LogP contribution is -2.52. The third-order valence-electron chi connectivity index (χ3n) is 3.65. The minimum absolute atomic E-state index is 0.134. The lowest BCUT2D eigenvalue weighted by molar-refractivity contribution is -0.0318. The summed E-state index contributed by atoms with van der Waals surface area (Å²) in [5, 5.41) is 12.6. The van der Waals surface area contributed by atoms with Crippen LogP contribution in [0.3, 0.4) is 0 Å². The summed E-state index contributed by atoms with van der Waals surface area (Å²) in [6, 6.07) is 10.9. The molecule has 0 aliphatic carbocycles. The molecular weight excluding hydrogens is 331 g/mol. The van der Waals surface area contributed by atoms with Crippen LogP contribution in [0.25, 0.3) is 5.57 Å². The van der Waals surface area contributed by atoms with E-state index in [0.29, 0.717) is 10.6 Å². The van der Waals surface area contributed by atoms with Gasteiger partial charge in [-0.3, -0.25) is 5.73 Å². The fourth-order valence-electron chi connectivity index (χ4n) is 2.26. The molecule has 1 unspecified atom stereocenters. The topological polar surface area (TPSA) is 67.5 Å². The van der Waals surface area contributed by atoms with Crippen LogP contribution >= 0.6 is 11.6 Å². The minimum Gasteiger partial charge on any atom is -0.508 e. The molecule has 1 aliphatic rings. The van der Waals surface area contributed by atoms with Crippen LogP contribution in [-0.4, -0.2) is 11.0 Å². The van der Waals surface area contributed by atoms with Crippen LogP contribution in [0, 0.1) is 5.82 Å². The summed E-state index contributed by atoms with van der Waals surface area (Å²) < 4.78 is 18.7. The number of benzene rings is 2. The van der Waals surface area contributed by atoms with Gasteiger partial charge in [0, 0.05) is 11.2 Å². The molecule has 0 radical (unpaired) electrons. The van der Waals surface area contributed by atoms with Crippen molar-refractivity contribution in [1.82, 2.24) is 5.32 Å². The normalized spacial score (nSPS) is 19.7. The molecule has 1 aliphatic heterocycles. The molecule has 4 nitrogen and oxygen atoms in total. The Kier molecular flexibility index (Phi) is 4.57. The third-order valence-corrected chi connectivity index (χ3v) is 4.00. The number of halogens is 2. The second-order valence-corrected chi connectivity index (χ2v) is 5.85. The highest BCUT2D eigenvalue weighted by molar-refractivity contribution is 6.31. The number of ether oxygens (including phenoxy) is 1. The molecule has 0 aromatic heterocycles. The SMILES string of the molecule is NC1(OCc2ccc(F)cc2Cl)C=CC(c2ccc(O)cc2)=CN1. The molecule has 124 valence electrons. The average Bonchev–Trinajstić information content (AvgIpc) is 2.56. The lowest BCUT2D eigenvalue weighted by atomic mass is 10.0. The van der Waals surface area contributed by atoms with Crippen LogP contribution in [0.2, 0.25) is 5.02 Å². The Morgan fingerprint density at radius 2 is 1.96 bits per heavy atom. The zero-order chi connectivity index (χ0) is 17.2. The number of phenols is 1. The first-order valence-electron chi connectivity index (χ1n) is 7.28. The summed E-state index contributed by atoms with van der Waals surface area (Å²) in [6.07, 6.45) is 5.25. The summed E-state index contributed by atoms with van der Waals surface area (Å²) in [5.41, 5.74) is 8.61. The number of dihydropyridines is 1. The van der Waals surface area contributed by atoms with Gasteiger partial charge in [0.05, 0.1) is 6.61 Å². The molecule has 0 spiro atoms. The highest BCUT2D eigenvalue weighted by Crippen LogP contribution is 2.24. The first kappa shape index (κ1) is 16.5. The molecule has 24 heavy (non-hydrogen) atoms. The first-order chi connectivity index (χ1) is 11.5. The van der Waals surface area contributed by atoms with Gasteiger partial charge in [-0.25, -0.2) is 4.39 Å². The van der Waals surface area contributed by atoms with Crippen LogP contribution in [0.15, 0.2) is 60.8 Å². The Morgan fingerprint density at radius 1 is 1.21 bits per heavy atom. The fraction of sp³-hybridized carbons (Fsp3) is 0.111. The van der Waals surface area contributed by atoms with Crippen LogP contribution in [0.5, 0.6) is 5.75 Å². The van der Waals surface area contributed by atoms with Crippen LogP contribution in [0.1, 0.15) is 11.1 Å². The van der Waals surface area contributed by atoms with E-state index < -0.39 is 11.7 Å². The summed E-state index contributed by atoms with van der Waals surface area (Å²) >= 11 is 5.98. The van der Waals surface area contributed by atoms with Crippen molar-refractivity contribution in [1.29, 1.82) is 0 Å². The third kappa shape index (κ3) is 3.76. The maximum atomic E-state index is 13.1. The Labute approximate surface area is 144 Å². The summed E-state index contributed by atoms with van der Waals surface area (Å²) in [4.78, 5) is 0. The van der Waals surface area contributed by atoms with Gasteiger partial charge in [-0.2, -0.15) is 0 Å². The van der Waals surface area contributed by atoms with Crippen molar-refractivity contribution in [3.63, 3.8) is 0 Å². The van der Waals surface area contributed by atoms with Gasteiger partial charge in [0.15, 0.2) is 0 Å². The Morgan fingerprint density at radius 3 is 2.58 bits per heavy atom. The molecule has 0 amide bonds. The first-order valence-corrected chi connectivity index (χ1v) is 7.66. The smallest absolute Gasteiger partial charge is 0.213 e. The standard InChI is InChI=1S/C18H16ClFN2O2/c19-17-9-15(20)4-1-14(17)11-24-18(21)8-7-13(10-22-18)12-2-5-16(23)6-3-12/h1-10,22-23H,11,21H2. The molecule has 2 aromatic carbocycles. The van der Waals surface area contributed by atoms with E-state index in [1.807, 2.05) is 6.08 Å². The summed E-state index contributed by atoms with van der Waals surface area (Å²) in [6.45, 7) is 0.134. The highest BCUT2D eigenvalue weighted by atomic mass is 35.5. The van der Waals surface area contributed by atoms with Gasteiger partial charge in [0.25, 0.3) is 0 Å². The molecule has 1 heterocycles. The largest absolute Gasteiger partial charge is 0.508 e. The van der Waals surface area contributed by atoms with E-state index in [0.717, 1.165) is 11.1 Å². The molecule has 6 heteroatoms. The predicted molar refractivity (Wildman–Crippen MR) is 91.5 cm³/mol. The van der Waals surface area contributed by atoms with Crippen molar-refractivity contribution in [2.45, 2.75) is 12.5 Å². The molecule has 0 fully saturated rings. The summed E-state index contributed by atoms with van der Waals surface area (Å²) in [5.74, 6) is -1.37. The lowest BCUT2D eigenvalue weighted by Gasteiger charge is -2.30. The Bertz CT molecular complexity index is 805. The average molecular weight is 347 g/mol. The highest BCUT2D eigenvalue weighted by Gasteiger charge is 2.24. The van der Waals surface area contributed by atoms with Gasteiger partial charge >= 0.3 is 0 Å². The van der Waals surface area contributed by atoms with Crippen LogP contribution in [0.4, 0.5) is 4.39 Å². The van der Waals surface area contributed by atoms with Crippen molar-refractivity contribution in [3.8, 4) is 5.75 Å². The minimum atomic E-state index is -1.18. The zero-order valence-corrected chi connectivity index (χ0v) is 13.4. The Balaban J connectivity index is 1.66. The number of nitrogens with one attached hydrogen (secondary N) is 1. The molecule has 0 saturated carbocycles. The number of hydrogen-bond acceptors (Lipinski definition) is 4. The second kappa shape index (κ2) is 6.65. The van der Waals surface area contributed by atoms with Gasteiger partial charge in [-0.1, -0.05) is 35.9 Å². The maximum Gasteiger partial charge on any atom is 0.213 e.